The van der Waals surface area contributed by atoms with E-state index in [0.29, 0.717) is 5.92 Å². The molecule has 0 unspecified atom stereocenters. The summed E-state index contributed by atoms with van der Waals surface area (Å²) < 4.78 is 0. The van der Waals surface area contributed by atoms with E-state index in [1.807, 2.05) is 30.4 Å². The average Bonchev–Trinajstić information content (AvgIpc) is 2.38. The third-order valence-corrected chi connectivity index (χ3v) is 3.21. The molecule has 0 aliphatic carbocycles. The van der Waals surface area contributed by atoms with E-state index < -0.39 is 0 Å². The fraction of sp³-hybridized carbons (Fsp3) is 0.368. The maximum atomic E-state index is 3.88. The van der Waals surface area contributed by atoms with Gasteiger partial charge in [0, 0.05) is 0 Å². The molecule has 0 aliphatic heterocycles. The van der Waals surface area contributed by atoms with Crippen LogP contribution in [0.25, 0.3) is 0 Å². The van der Waals surface area contributed by atoms with Gasteiger partial charge in [0.05, 0.1) is 0 Å². The van der Waals surface area contributed by atoms with Crippen LogP contribution in [-0.4, -0.2) is 0 Å². The molecule has 0 saturated carbocycles. The molecule has 0 heterocycles. The molecule has 0 aromatic heterocycles. The minimum atomic E-state index is 0.592. The molecule has 0 fully saturated rings. The van der Waals surface area contributed by atoms with Gasteiger partial charge >= 0.3 is 0 Å². The Bertz CT molecular complexity index is 319. The van der Waals surface area contributed by atoms with E-state index in [4.69, 9.17) is 0 Å². The van der Waals surface area contributed by atoms with Gasteiger partial charge in [-0.25, -0.2) is 0 Å². The molecule has 0 aromatic carbocycles. The van der Waals surface area contributed by atoms with Crippen LogP contribution in [0.3, 0.4) is 0 Å². The molecule has 0 bridgehead atoms. The first kappa shape index (κ1) is 17.4. The summed E-state index contributed by atoms with van der Waals surface area (Å²) in [6, 6.07) is 0. The fourth-order valence-electron chi connectivity index (χ4n) is 2.35. The number of rotatable bonds is 12. The van der Waals surface area contributed by atoms with Crippen molar-refractivity contribution in [1.82, 2.24) is 0 Å². The Labute approximate surface area is 119 Å². The molecule has 0 aliphatic rings. The quantitative estimate of drug-likeness (QED) is 0.366. The lowest BCUT2D eigenvalue weighted by molar-refractivity contribution is 0.530. The van der Waals surface area contributed by atoms with Crippen molar-refractivity contribution < 1.29 is 0 Å². The van der Waals surface area contributed by atoms with Crippen LogP contribution in [0, 0.1) is 5.92 Å². The Hall–Kier alpha value is -1.56. The molecule has 0 atom stereocenters. The summed E-state index contributed by atoms with van der Waals surface area (Å²) in [5.41, 5.74) is 2.91. The first-order chi connectivity index (χ1) is 9.23. The lowest BCUT2D eigenvalue weighted by Gasteiger charge is -2.18. The molecule has 0 radical (unpaired) electrons. The van der Waals surface area contributed by atoms with E-state index >= 15 is 0 Å². The normalized spacial score (nSPS) is 9.74. The predicted molar refractivity (Wildman–Crippen MR) is 89.2 cm³/mol. The van der Waals surface area contributed by atoms with Gasteiger partial charge in [-0.05, 0) is 44.4 Å². The molecule has 0 heteroatoms. The van der Waals surface area contributed by atoms with Crippen molar-refractivity contribution in [2.24, 2.45) is 5.92 Å². The number of hydrogen-bond donors (Lipinski definition) is 0. The van der Waals surface area contributed by atoms with Crippen LogP contribution in [0.2, 0.25) is 0 Å². The zero-order valence-electron chi connectivity index (χ0n) is 12.2. The average molecular weight is 256 g/mol. The number of allylic oxidation sites excluding steroid dienone is 7. The Morgan fingerprint density at radius 3 is 1.42 bits per heavy atom. The van der Waals surface area contributed by atoms with Crippen molar-refractivity contribution in [3.8, 4) is 0 Å². The standard InChI is InChI=1S/C19H28/c1-6-11-17(12-7-2)16-19(15-10-5)18(13-8-3)14-9-4/h6-10,17H,1-5,11-16H2. The fourth-order valence-corrected chi connectivity index (χ4v) is 2.35. The van der Waals surface area contributed by atoms with E-state index in [-0.39, 0.29) is 0 Å². The monoisotopic (exact) mass is 256 g/mol. The van der Waals surface area contributed by atoms with E-state index in [0.717, 1.165) is 38.5 Å². The van der Waals surface area contributed by atoms with Gasteiger partial charge < -0.3 is 0 Å². The first-order valence-corrected chi connectivity index (χ1v) is 6.97. The van der Waals surface area contributed by atoms with Crippen molar-refractivity contribution >= 4 is 0 Å². The zero-order valence-corrected chi connectivity index (χ0v) is 12.2. The van der Waals surface area contributed by atoms with Crippen LogP contribution in [0.4, 0.5) is 0 Å². The molecule has 19 heavy (non-hydrogen) atoms. The molecule has 0 nitrogen and oxygen atoms in total. The molecule has 0 rings (SSSR count). The van der Waals surface area contributed by atoms with E-state index in [1.165, 1.54) is 11.1 Å². The van der Waals surface area contributed by atoms with Gasteiger partial charge in [-0.3, -0.25) is 0 Å². The second-order valence-electron chi connectivity index (χ2n) is 4.80. The Balaban J connectivity index is 5.09. The summed E-state index contributed by atoms with van der Waals surface area (Å²) in [7, 11) is 0. The highest BCUT2D eigenvalue weighted by Crippen LogP contribution is 2.27. The molecule has 0 amide bonds. The van der Waals surface area contributed by atoms with Crippen molar-refractivity contribution in [2.45, 2.75) is 38.5 Å². The van der Waals surface area contributed by atoms with Crippen LogP contribution < -0.4 is 0 Å². The summed E-state index contributed by atoms with van der Waals surface area (Å²) in [5.74, 6) is 0.592. The van der Waals surface area contributed by atoms with Gasteiger partial charge in [-0.15, -0.1) is 32.9 Å². The second kappa shape index (κ2) is 11.5. The zero-order chi connectivity index (χ0) is 14.5. The molecule has 0 N–H and O–H groups in total. The van der Waals surface area contributed by atoms with Gasteiger partial charge in [0.2, 0.25) is 0 Å². The van der Waals surface area contributed by atoms with Crippen LogP contribution in [0.5, 0.6) is 0 Å². The van der Waals surface area contributed by atoms with Crippen molar-refractivity contribution in [1.29, 1.82) is 0 Å². The molecular weight excluding hydrogens is 228 g/mol. The van der Waals surface area contributed by atoms with E-state index in [9.17, 15) is 0 Å². The van der Waals surface area contributed by atoms with E-state index in [1.54, 1.807) is 0 Å². The van der Waals surface area contributed by atoms with Gasteiger partial charge in [-0.1, -0.05) is 41.5 Å². The highest BCUT2D eigenvalue weighted by molar-refractivity contribution is 5.22. The molecular formula is C19H28. The maximum Gasteiger partial charge on any atom is -0.0136 e. The van der Waals surface area contributed by atoms with Gasteiger partial charge in [0.15, 0.2) is 0 Å². The lowest BCUT2D eigenvalue weighted by Crippen LogP contribution is -2.02. The Kier molecular flexibility index (Phi) is 10.6. The van der Waals surface area contributed by atoms with Crippen LogP contribution in [-0.2, 0) is 0 Å². The summed E-state index contributed by atoms with van der Waals surface area (Å²) >= 11 is 0. The van der Waals surface area contributed by atoms with E-state index in [2.05, 4.69) is 32.9 Å². The summed E-state index contributed by atoms with van der Waals surface area (Å²) in [6.07, 6.45) is 15.9. The molecule has 0 spiro atoms. The highest BCUT2D eigenvalue weighted by atomic mass is 14.2. The molecule has 0 aromatic rings. The Morgan fingerprint density at radius 1 is 0.632 bits per heavy atom. The predicted octanol–water partition coefficient (Wildman–Crippen LogP) is 6.17. The third-order valence-electron chi connectivity index (χ3n) is 3.21. The Morgan fingerprint density at radius 2 is 1.05 bits per heavy atom. The summed E-state index contributed by atoms with van der Waals surface area (Å²) in [5, 5.41) is 0. The first-order valence-electron chi connectivity index (χ1n) is 6.97. The topological polar surface area (TPSA) is 0 Å². The van der Waals surface area contributed by atoms with Crippen LogP contribution >= 0.6 is 0 Å². The lowest BCUT2D eigenvalue weighted by atomic mass is 9.87. The minimum absolute atomic E-state index is 0.592. The number of hydrogen-bond acceptors (Lipinski definition) is 0. The van der Waals surface area contributed by atoms with Crippen molar-refractivity contribution in [3.05, 3.63) is 74.4 Å². The maximum absolute atomic E-state index is 3.88. The smallest absolute Gasteiger partial charge is 0.0136 e. The van der Waals surface area contributed by atoms with Gasteiger partial charge in [0.25, 0.3) is 0 Å². The van der Waals surface area contributed by atoms with Crippen LogP contribution in [0.1, 0.15) is 38.5 Å². The minimum Gasteiger partial charge on any atom is -0.103 e. The van der Waals surface area contributed by atoms with Crippen LogP contribution in [0.15, 0.2) is 74.4 Å². The third kappa shape index (κ3) is 7.46. The SMILES string of the molecule is C=CCC(CC=C)=C(CC=C)CC(CC=C)CC=C. The second-order valence-corrected chi connectivity index (χ2v) is 4.80. The summed E-state index contributed by atoms with van der Waals surface area (Å²) in [6.45, 7) is 19.3. The molecule has 104 valence electrons. The van der Waals surface area contributed by atoms with Gasteiger partial charge in [-0.2, -0.15) is 0 Å². The summed E-state index contributed by atoms with van der Waals surface area (Å²) in [4.78, 5) is 0. The largest absolute Gasteiger partial charge is 0.103 e. The van der Waals surface area contributed by atoms with Gasteiger partial charge in [0.1, 0.15) is 0 Å². The van der Waals surface area contributed by atoms with Crippen molar-refractivity contribution in [3.63, 3.8) is 0 Å². The van der Waals surface area contributed by atoms with Crippen molar-refractivity contribution in [2.75, 3.05) is 0 Å². The molecule has 0 saturated heterocycles. The highest BCUT2D eigenvalue weighted by Gasteiger charge is 2.11.